The predicted octanol–water partition coefficient (Wildman–Crippen LogP) is 8.51. The van der Waals surface area contributed by atoms with E-state index >= 15 is 0 Å². The molecule has 0 spiro atoms. The van der Waals surface area contributed by atoms with Crippen molar-refractivity contribution in [2.24, 2.45) is 0 Å². The van der Waals surface area contributed by atoms with E-state index in [1.165, 1.54) is 107 Å². The van der Waals surface area contributed by atoms with Gasteiger partial charge in [-0.25, -0.2) is 21.8 Å². The van der Waals surface area contributed by atoms with Gasteiger partial charge in [0.1, 0.15) is 9.49 Å². The fraction of sp³-hybridized carbons (Fsp3) is 0.429. The van der Waals surface area contributed by atoms with Gasteiger partial charge in [-0.15, -0.1) is 11.3 Å². The average molecular weight is 798 g/mol. The number of carbonyl (C=O) groups is 2. The van der Waals surface area contributed by atoms with Gasteiger partial charge in [-0.2, -0.15) is 0 Å². The van der Waals surface area contributed by atoms with Crippen molar-refractivity contribution in [3.8, 4) is 0 Å². The maximum atomic E-state index is 12.9. The van der Waals surface area contributed by atoms with E-state index in [-0.39, 0.29) is 15.7 Å². The molecule has 1 aliphatic rings. The van der Waals surface area contributed by atoms with Gasteiger partial charge in [-0.3, -0.25) is 14.9 Å². The molecule has 5 rings (SSSR count). The molecule has 11 nitrogen and oxygen atoms in total. The maximum Gasteiger partial charge on any atom is 0.248 e. The zero-order chi connectivity index (χ0) is 37.6. The topological polar surface area (TPSA) is 165 Å². The number of benzene rings is 2. The molecular weight excluding hydrogens is 756 g/mol. The monoisotopic (exact) mass is 796 g/mol. The third-order valence-electron chi connectivity index (χ3n) is 8.75. The smallest absolute Gasteiger partial charge is 0.248 e. The van der Waals surface area contributed by atoms with Crippen LogP contribution < -0.4 is 10.6 Å². The van der Waals surface area contributed by atoms with Gasteiger partial charge in [0, 0.05) is 27.4 Å². The summed E-state index contributed by atoms with van der Waals surface area (Å²) in [6, 6.07) is 13.1. The Bertz CT molecular complexity index is 2040. The molecule has 1 saturated carbocycles. The molecule has 1 fully saturated rings. The minimum Gasteiger partial charge on any atom is -0.338 e. The standard InChI is InChI=1S/C19H23ClN2O3S2.C16H19ClN2O4S/c1-19(2,27(24,25)15-10-8-14(20)9-11-15)17(23)22-18-21-16(12-26-18)13-6-4-3-5-7-13;1-4-5-12-10-14(23-19-12)18-15(20)16(2,3)24(21,22)13-8-6-11(17)7-9-13/h8-13H,3-7H2,1-2H3,(H,21,22,23);6-10H,4-5H2,1-3H3,(H,18,20). The quantitative estimate of drug-likeness (QED) is 0.151. The van der Waals surface area contributed by atoms with Crippen LogP contribution in [0.3, 0.4) is 0 Å². The molecule has 2 amide bonds. The Kier molecular flexibility index (Phi) is 13.2. The van der Waals surface area contributed by atoms with Crippen LogP contribution >= 0.6 is 34.5 Å². The summed E-state index contributed by atoms with van der Waals surface area (Å²) < 4.78 is 53.1. The highest BCUT2D eigenvalue weighted by Crippen LogP contribution is 2.35. The number of thiazole rings is 1. The first-order chi connectivity index (χ1) is 23.9. The van der Waals surface area contributed by atoms with Gasteiger partial charge < -0.3 is 9.84 Å². The Morgan fingerprint density at radius 2 is 1.31 bits per heavy atom. The lowest BCUT2D eigenvalue weighted by atomic mass is 9.87. The van der Waals surface area contributed by atoms with Crippen LogP contribution in [-0.2, 0) is 35.7 Å². The van der Waals surface area contributed by atoms with Gasteiger partial charge in [-0.1, -0.05) is 61.0 Å². The van der Waals surface area contributed by atoms with E-state index < -0.39 is 41.0 Å². The zero-order valence-electron chi connectivity index (χ0n) is 29.0. The van der Waals surface area contributed by atoms with Gasteiger partial charge in [0.05, 0.1) is 21.2 Å². The number of nitrogens with one attached hydrogen (secondary N) is 2. The van der Waals surface area contributed by atoms with Crippen molar-refractivity contribution in [1.82, 2.24) is 10.1 Å². The molecule has 2 N–H and O–H groups in total. The molecule has 0 bridgehead atoms. The lowest BCUT2D eigenvalue weighted by Crippen LogP contribution is -2.44. The fourth-order valence-corrected chi connectivity index (χ4v) is 9.04. The summed E-state index contributed by atoms with van der Waals surface area (Å²) in [5.74, 6) is -0.729. The number of anilines is 2. The molecular formula is C35H42Cl2N4O7S3. The van der Waals surface area contributed by atoms with Crippen LogP contribution in [0.4, 0.5) is 11.0 Å². The van der Waals surface area contributed by atoms with Crippen LogP contribution in [0.25, 0.3) is 0 Å². The summed E-state index contributed by atoms with van der Waals surface area (Å²) in [7, 11) is -7.79. The summed E-state index contributed by atoms with van der Waals surface area (Å²) in [6.07, 6.45) is 7.51. The number of rotatable bonds is 11. The molecule has 0 unspecified atom stereocenters. The summed E-state index contributed by atoms with van der Waals surface area (Å²) in [6.45, 7) is 7.49. The molecule has 16 heteroatoms. The minimum absolute atomic E-state index is 0.0243. The third kappa shape index (κ3) is 9.39. The summed E-state index contributed by atoms with van der Waals surface area (Å²) in [5.41, 5.74) is 1.69. The second kappa shape index (κ2) is 16.6. The van der Waals surface area contributed by atoms with Gasteiger partial charge in [0.25, 0.3) is 0 Å². The van der Waals surface area contributed by atoms with Crippen molar-refractivity contribution >= 4 is 77.0 Å². The van der Waals surface area contributed by atoms with Gasteiger partial charge >= 0.3 is 0 Å². The predicted molar refractivity (Wildman–Crippen MR) is 201 cm³/mol. The van der Waals surface area contributed by atoms with E-state index in [1.54, 1.807) is 6.07 Å². The molecule has 2 heterocycles. The van der Waals surface area contributed by atoms with Gasteiger partial charge in [-0.05, 0) is 95.5 Å². The van der Waals surface area contributed by atoms with Crippen LogP contribution in [0.1, 0.15) is 90.4 Å². The van der Waals surface area contributed by atoms with E-state index in [1.807, 2.05) is 12.3 Å². The molecule has 4 aromatic rings. The first-order valence-corrected chi connectivity index (χ1v) is 21.0. The molecule has 0 atom stereocenters. The van der Waals surface area contributed by atoms with Crippen molar-refractivity contribution in [1.29, 1.82) is 0 Å². The Balaban J connectivity index is 0.000000230. The number of sulfone groups is 2. The molecule has 0 saturated heterocycles. The number of aromatic nitrogens is 2. The van der Waals surface area contributed by atoms with E-state index in [0.717, 1.165) is 25.0 Å². The lowest BCUT2D eigenvalue weighted by Gasteiger charge is -2.23. The Morgan fingerprint density at radius 3 is 1.80 bits per heavy atom. The van der Waals surface area contributed by atoms with Crippen LogP contribution in [0.15, 0.2) is 74.3 Å². The molecule has 0 radical (unpaired) electrons. The van der Waals surface area contributed by atoms with Crippen LogP contribution in [-0.4, -0.2) is 48.3 Å². The van der Waals surface area contributed by atoms with Crippen LogP contribution in [0.5, 0.6) is 0 Å². The second-order valence-corrected chi connectivity index (χ2v) is 19.9. The Labute approximate surface area is 313 Å². The Hall–Kier alpha value is -3.30. The summed E-state index contributed by atoms with van der Waals surface area (Å²) >= 11 is 13.0. The number of hydrogen-bond donors (Lipinski definition) is 2. The SMILES string of the molecule is CC(C)(C(=O)Nc1nc(C2CCCCC2)cs1)S(=O)(=O)c1ccc(Cl)cc1.CCCc1cc(NC(=O)C(C)(C)S(=O)(=O)c2ccc(Cl)cc2)on1. The Morgan fingerprint density at radius 1 is 0.824 bits per heavy atom. The average Bonchev–Trinajstić information content (AvgIpc) is 3.75. The number of hydrogen-bond acceptors (Lipinski definition) is 10. The number of amides is 2. The van der Waals surface area contributed by atoms with Crippen molar-refractivity contribution < 1.29 is 30.9 Å². The molecule has 2 aromatic heterocycles. The second-order valence-electron chi connectivity index (χ2n) is 13.2. The van der Waals surface area contributed by atoms with Crippen molar-refractivity contribution in [2.45, 2.75) is 105 Å². The molecule has 2 aromatic carbocycles. The van der Waals surface area contributed by atoms with Crippen molar-refractivity contribution in [2.75, 3.05) is 10.6 Å². The number of halogens is 2. The highest BCUT2D eigenvalue weighted by Gasteiger charge is 2.44. The van der Waals surface area contributed by atoms with E-state index in [0.29, 0.717) is 33.2 Å². The van der Waals surface area contributed by atoms with Gasteiger partial charge in [0.15, 0.2) is 24.8 Å². The van der Waals surface area contributed by atoms with Gasteiger partial charge in [0.2, 0.25) is 17.7 Å². The summed E-state index contributed by atoms with van der Waals surface area (Å²) in [5, 5.41) is 12.3. The normalized spacial score (nSPS) is 14.3. The fourth-order valence-electron chi connectivity index (χ4n) is 5.24. The first-order valence-electron chi connectivity index (χ1n) is 16.4. The minimum atomic E-state index is -3.91. The lowest BCUT2D eigenvalue weighted by molar-refractivity contribution is -0.118. The first kappa shape index (κ1) is 40.5. The molecule has 0 aliphatic heterocycles. The maximum absolute atomic E-state index is 12.9. The van der Waals surface area contributed by atoms with E-state index in [4.69, 9.17) is 27.7 Å². The van der Waals surface area contributed by atoms with E-state index in [9.17, 15) is 26.4 Å². The van der Waals surface area contributed by atoms with Crippen molar-refractivity contribution in [3.05, 3.63) is 81.4 Å². The molecule has 1 aliphatic carbocycles. The van der Waals surface area contributed by atoms with Crippen molar-refractivity contribution in [3.63, 3.8) is 0 Å². The zero-order valence-corrected chi connectivity index (χ0v) is 33.0. The number of nitrogens with zero attached hydrogens (tertiary/aromatic N) is 2. The van der Waals surface area contributed by atoms with Crippen LogP contribution in [0.2, 0.25) is 10.0 Å². The molecule has 276 valence electrons. The van der Waals surface area contributed by atoms with E-state index in [2.05, 4.69) is 20.8 Å². The summed E-state index contributed by atoms with van der Waals surface area (Å²) in [4.78, 5) is 29.9. The highest BCUT2D eigenvalue weighted by molar-refractivity contribution is 7.94. The number of aryl methyl sites for hydroxylation is 1. The largest absolute Gasteiger partial charge is 0.338 e. The highest BCUT2D eigenvalue weighted by atomic mass is 35.5. The van der Waals surface area contributed by atoms with Crippen LogP contribution in [0, 0.1) is 0 Å². The number of carbonyl (C=O) groups excluding carboxylic acids is 2. The molecule has 51 heavy (non-hydrogen) atoms. The third-order valence-corrected chi connectivity index (χ3v) is 14.9.